The van der Waals surface area contributed by atoms with E-state index in [2.05, 4.69) is 12.1 Å². The van der Waals surface area contributed by atoms with E-state index in [9.17, 15) is 4.79 Å². The average Bonchev–Trinajstić information content (AvgIpc) is 2.37. The monoisotopic (exact) mass is 243 g/mol. The molecule has 2 aromatic rings. The summed E-state index contributed by atoms with van der Waals surface area (Å²) < 4.78 is 4.71. The van der Waals surface area contributed by atoms with Gasteiger partial charge in [0.1, 0.15) is 5.54 Å². The summed E-state index contributed by atoms with van der Waals surface area (Å²) in [5.41, 5.74) is 6.02. The summed E-state index contributed by atoms with van der Waals surface area (Å²) in [6, 6.07) is 14.2. The maximum Gasteiger partial charge on any atom is 0.325 e. The zero-order valence-electron chi connectivity index (χ0n) is 10.6. The van der Waals surface area contributed by atoms with Gasteiger partial charge in [-0.05, 0) is 23.3 Å². The molecule has 0 aliphatic rings. The third kappa shape index (κ3) is 2.51. The van der Waals surface area contributed by atoms with Crippen molar-refractivity contribution in [2.24, 2.45) is 5.73 Å². The standard InChI is InChI=1S/C15H17NO2/c1-15(16,14(17)18-2)10-11-7-8-12-5-3-4-6-13(12)9-11/h3-9H,10,16H2,1-2H3. The third-order valence-electron chi connectivity index (χ3n) is 3.04. The van der Waals surface area contributed by atoms with Gasteiger partial charge in [0.05, 0.1) is 7.11 Å². The van der Waals surface area contributed by atoms with Crippen LogP contribution in [0.3, 0.4) is 0 Å². The van der Waals surface area contributed by atoms with Crippen LogP contribution in [0.4, 0.5) is 0 Å². The van der Waals surface area contributed by atoms with Crippen molar-refractivity contribution in [1.82, 2.24) is 0 Å². The minimum atomic E-state index is -0.989. The van der Waals surface area contributed by atoms with Gasteiger partial charge in [-0.3, -0.25) is 4.79 Å². The van der Waals surface area contributed by atoms with Gasteiger partial charge >= 0.3 is 5.97 Å². The zero-order valence-corrected chi connectivity index (χ0v) is 10.6. The SMILES string of the molecule is COC(=O)C(C)(N)Cc1ccc2ccccc2c1. The van der Waals surface area contributed by atoms with Crippen molar-refractivity contribution in [3.05, 3.63) is 48.0 Å². The first-order valence-electron chi connectivity index (χ1n) is 5.88. The molecule has 1 unspecified atom stereocenters. The van der Waals surface area contributed by atoms with Crippen molar-refractivity contribution in [1.29, 1.82) is 0 Å². The van der Waals surface area contributed by atoms with Gasteiger partial charge in [0.2, 0.25) is 0 Å². The zero-order chi connectivity index (χ0) is 13.2. The molecule has 0 spiro atoms. The van der Waals surface area contributed by atoms with E-state index in [0.717, 1.165) is 10.9 Å². The second kappa shape index (κ2) is 4.78. The quantitative estimate of drug-likeness (QED) is 0.841. The number of carbonyl (C=O) groups excluding carboxylic acids is 1. The molecule has 0 bridgehead atoms. The van der Waals surface area contributed by atoms with Crippen molar-refractivity contribution >= 4 is 16.7 Å². The Kier molecular flexibility index (Phi) is 3.34. The number of ether oxygens (including phenoxy) is 1. The van der Waals surface area contributed by atoms with Gasteiger partial charge in [-0.1, -0.05) is 42.5 Å². The maximum absolute atomic E-state index is 11.6. The smallest absolute Gasteiger partial charge is 0.325 e. The molecule has 0 aliphatic carbocycles. The number of carbonyl (C=O) groups is 1. The summed E-state index contributed by atoms with van der Waals surface area (Å²) in [4.78, 5) is 11.6. The highest BCUT2D eigenvalue weighted by Crippen LogP contribution is 2.19. The molecule has 2 rings (SSSR count). The first-order chi connectivity index (χ1) is 8.53. The molecule has 0 radical (unpaired) electrons. The van der Waals surface area contributed by atoms with Crippen LogP contribution >= 0.6 is 0 Å². The Morgan fingerprint density at radius 1 is 1.22 bits per heavy atom. The molecule has 0 amide bonds. The molecule has 0 heterocycles. The molecule has 0 aromatic heterocycles. The Balaban J connectivity index is 2.29. The molecule has 3 heteroatoms. The summed E-state index contributed by atoms with van der Waals surface area (Å²) in [6.45, 7) is 1.69. The number of hydrogen-bond acceptors (Lipinski definition) is 3. The predicted octanol–water partition coefficient (Wildman–Crippen LogP) is 2.27. The van der Waals surface area contributed by atoms with Gasteiger partial charge in [-0.25, -0.2) is 0 Å². The van der Waals surface area contributed by atoms with Gasteiger partial charge < -0.3 is 10.5 Å². The summed E-state index contributed by atoms with van der Waals surface area (Å²) in [5, 5.41) is 2.33. The Bertz CT molecular complexity index is 575. The van der Waals surface area contributed by atoms with Crippen LogP contribution in [-0.4, -0.2) is 18.6 Å². The van der Waals surface area contributed by atoms with E-state index >= 15 is 0 Å². The average molecular weight is 243 g/mol. The van der Waals surface area contributed by atoms with Crippen LogP contribution in [-0.2, 0) is 16.0 Å². The summed E-state index contributed by atoms with van der Waals surface area (Å²) in [5.74, 6) is -0.393. The van der Waals surface area contributed by atoms with Crippen LogP contribution in [0.25, 0.3) is 10.8 Å². The summed E-state index contributed by atoms with van der Waals surface area (Å²) in [6.07, 6.45) is 0.463. The second-order valence-electron chi connectivity index (χ2n) is 4.77. The van der Waals surface area contributed by atoms with Crippen LogP contribution in [0.1, 0.15) is 12.5 Å². The fourth-order valence-electron chi connectivity index (χ4n) is 2.08. The van der Waals surface area contributed by atoms with E-state index in [-0.39, 0.29) is 0 Å². The van der Waals surface area contributed by atoms with Gasteiger partial charge in [-0.15, -0.1) is 0 Å². The highest BCUT2D eigenvalue weighted by molar-refractivity contribution is 5.84. The van der Waals surface area contributed by atoms with E-state index in [0.29, 0.717) is 6.42 Å². The molecule has 0 saturated carbocycles. The minimum absolute atomic E-state index is 0.393. The highest BCUT2D eigenvalue weighted by Gasteiger charge is 2.29. The number of esters is 1. The number of hydrogen-bond donors (Lipinski definition) is 1. The van der Waals surface area contributed by atoms with Crippen molar-refractivity contribution in [2.45, 2.75) is 18.9 Å². The van der Waals surface area contributed by atoms with Crippen molar-refractivity contribution < 1.29 is 9.53 Å². The number of rotatable bonds is 3. The Hall–Kier alpha value is -1.87. The van der Waals surface area contributed by atoms with Crippen molar-refractivity contribution in [3.63, 3.8) is 0 Å². The number of methoxy groups -OCH3 is 1. The number of benzene rings is 2. The largest absolute Gasteiger partial charge is 0.468 e. The molecule has 0 saturated heterocycles. The summed E-state index contributed by atoms with van der Waals surface area (Å²) in [7, 11) is 1.35. The number of nitrogens with two attached hydrogens (primary N) is 1. The van der Waals surface area contributed by atoms with Crippen LogP contribution in [0.2, 0.25) is 0 Å². The first kappa shape index (κ1) is 12.6. The van der Waals surface area contributed by atoms with Gasteiger partial charge in [0.15, 0.2) is 0 Å². The molecule has 0 aliphatic heterocycles. The lowest BCUT2D eigenvalue weighted by Crippen LogP contribution is -2.47. The Labute approximate surface area is 107 Å². The molecular formula is C15H17NO2. The van der Waals surface area contributed by atoms with E-state index in [1.807, 2.05) is 30.3 Å². The maximum atomic E-state index is 11.6. The van der Waals surface area contributed by atoms with Gasteiger partial charge in [0.25, 0.3) is 0 Å². The van der Waals surface area contributed by atoms with Crippen LogP contribution in [0.5, 0.6) is 0 Å². The highest BCUT2D eigenvalue weighted by atomic mass is 16.5. The van der Waals surface area contributed by atoms with Crippen LogP contribution < -0.4 is 5.73 Å². The topological polar surface area (TPSA) is 52.3 Å². The Morgan fingerprint density at radius 3 is 2.56 bits per heavy atom. The van der Waals surface area contributed by atoms with Crippen LogP contribution in [0.15, 0.2) is 42.5 Å². The lowest BCUT2D eigenvalue weighted by Gasteiger charge is -2.21. The van der Waals surface area contributed by atoms with Gasteiger partial charge in [-0.2, -0.15) is 0 Å². The fourth-order valence-corrected chi connectivity index (χ4v) is 2.08. The van der Waals surface area contributed by atoms with E-state index in [4.69, 9.17) is 10.5 Å². The number of fused-ring (bicyclic) bond motifs is 1. The molecule has 3 nitrogen and oxygen atoms in total. The molecule has 2 N–H and O–H groups in total. The summed E-state index contributed by atoms with van der Waals surface area (Å²) >= 11 is 0. The van der Waals surface area contributed by atoms with Gasteiger partial charge in [0, 0.05) is 6.42 Å². The molecule has 2 aromatic carbocycles. The molecule has 0 fully saturated rings. The molecular weight excluding hydrogens is 226 g/mol. The van der Waals surface area contributed by atoms with Crippen molar-refractivity contribution in [2.75, 3.05) is 7.11 Å². The predicted molar refractivity (Wildman–Crippen MR) is 72.3 cm³/mol. The lowest BCUT2D eigenvalue weighted by atomic mass is 9.93. The van der Waals surface area contributed by atoms with E-state index < -0.39 is 11.5 Å². The first-order valence-corrected chi connectivity index (χ1v) is 5.88. The third-order valence-corrected chi connectivity index (χ3v) is 3.04. The molecule has 18 heavy (non-hydrogen) atoms. The minimum Gasteiger partial charge on any atom is -0.468 e. The van der Waals surface area contributed by atoms with E-state index in [1.165, 1.54) is 12.5 Å². The lowest BCUT2D eigenvalue weighted by molar-refractivity contribution is -0.146. The molecule has 94 valence electrons. The fraction of sp³-hybridized carbons (Fsp3) is 0.267. The van der Waals surface area contributed by atoms with Crippen LogP contribution in [0, 0.1) is 0 Å². The molecule has 1 atom stereocenters. The second-order valence-corrected chi connectivity index (χ2v) is 4.77. The normalized spacial score (nSPS) is 14.2. The van der Waals surface area contributed by atoms with E-state index in [1.54, 1.807) is 6.92 Å². The Morgan fingerprint density at radius 2 is 1.89 bits per heavy atom. The van der Waals surface area contributed by atoms with Crippen molar-refractivity contribution in [3.8, 4) is 0 Å².